The zero-order valence-electron chi connectivity index (χ0n) is 12.8. The molecule has 5 heteroatoms. The highest BCUT2D eigenvalue weighted by molar-refractivity contribution is 5.91. The Morgan fingerprint density at radius 3 is 2.55 bits per heavy atom. The van der Waals surface area contributed by atoms with E-state index in [2.05, 4.69) is 15.3 Å². The Labute approximate surface area is 128 Å². The number of hydrogen-bond donors (Lipinski definition) is 1. The van der Waals surface area contributed by atoms with E-state index in [-0.39, 0.29) is 0 Å². The molecule has 0 radical (unpaired) electrons. The molecule has 1 heterocycles. The predicted molar refractivity (Wildman–Crippen MR) is 87.1 cm³/mol. The van der Waals surface area contributed by atoms with Gasteiger partial charge in [-0.25, -0.2) is 9.97 Å². The summed E-state index contributed by atoms with van der Waals surface area (Å²) in [4.78, 5) is 8.95. The van der Waals surface area contributed by atoms with E-state index in [1.54, 1.807) is 14.2 Å². The minimum Gasteiger partial charge on any atom is -0.497 e. The van der Waals surface area contributed by atoms with Gasteiger partial charge in [-0.15, -0.1) is 0 Å². The van der Waals surface area contributed by atoms with Gasteiger partial charge < -0.3 is 14.8 Å². The number of benzene rings is 2. The van der Waals surface area contributed by atoms with Crippen molar-refractivity contribution in [1.82, 2.24) is 9.97 Å². The number of fused-ring (bicyclic) bond motifs is 1. The van der Waals surface area contributed by atoms with Crippen LogP contribution in [0.5, 0.6) is 11.5 Å². The van der Waals surface area contributed by atoms with Crippen LogP contribution in [0.2, 0.25) is 0 Å². The van der Waals surface area contributed by atoms with Crippen LogP contribution in [-0.2, 0) is 0 Å². The molecule has 0 aliphatic rings. The van der Waals surface area contributed by atoms with Crippen LogP contribution in [0, 0.1) is 6.92 Å². The first kappa shape index (κ1) is 14.1. The highest BCUT2D eigenvalue weighted by Crippen LogP contribution is 2.32. The standard InChI is InChI=1S/C17H17N3O2/c1-11-18-14-7-5-4-6-13(14)17(19-11)20-15-9-8-12(21-2)10-16(15)22-3/h4-10H,1-3H3,(H,18,19,20). The smallest absolute Gasteiger partial charge is 0.146 e. The molecule has 0 spiro atoms. The maximum absolute atomic E-state index is 5.42. The van der Waals surface area contributed by atoms with Crippen molar-refractivity contribution < 1.29 is 9.47 Å². The SMILES string of the molecule is COc1ccc(Nc2nc(C)nc3ccccc23)c(OC)c1. The van der Waals surface area contributed by atoms with Crippen LogP contribution in [0.1, 0.15) is 5.82 Å². The Morgan fingerprint density at radius 1 is 0.955 bits per heavy atom. The maximum Gasteiger partial charge on any atom is 0.146 e. The largest absolute Gasteiger partial charge is 0.497 e. The molecular weight excluding hydrogens is 278 g/mol. The molecule has 1 aromatic heterocycles. The van der Waals surface area contributed by atoms with Gasteiger partial charge in [-0.2, -0.15) is 0 Å². The van der Waals surface area contributed by atoms with Gasteiger partial charge in [-0.05, 0) is 31.2 Å². The summed E-state index contributed by atoms with van der Waals surface area (Å²) >= 11 is 0. The van der Waals surface area contributed by atoms with Crippen molar-refractivity contribution in [2.45, 2.75) is 6.92 Å². The number of anilines is 2. The summed E-state index contributed by atoms with van der Waals surface area (Å²) in [5, 5.41) is 4.29. The number of methoxy groups -OCH3 is 2. The number of para-hydroxylation sites is 1. The fourth-order valence-corrected chi connectivity index (χ4v) is 2.32. The zero-order valence-corrected chi connectivity index (χ0v) is 12.8. The Hall–Kier alpha value is -2.82. The van der Waals surface area contributed by atoms with Crippen molar-refractivity contribution in [3.63, 3.8) is 0 Å². The molecule has 3 rings (SSSR count). The normalized spacial score (nSPS) is 10.5. The predicted octanol–water partition coefficient (Wildman–Crippen LogP) is 3.70. The van der Waals surface area contributed by atoms with E-state index >= 15 is 0 Å². The molecule has 0 aliphatic heterocycles. The van der Waals surface area contributed by atoms with Crippen molar-refractivity contribution in [3.05, 3.63) is 48.3 Å². The summed E-state index contributed by atoms with van der Waals surface area (Å²) in [7, 11) is 3.26. The average molecular weight is 295 g/mol. The number of ether oxygens (including phenoxy) is 2. The molecule has 0 saturated carbocycles. The first-order chi connectivity index (χ1) is 10.7. The van der Waals surface area contributed by atoms with Crippen LogP contribution >= 0.6 is 0 Å². The van der Waals surface area contributed by atoms with Crippen molar-refractivity contribution in [2.24, 2.45) is 0 Å². The van der Waals surface area contributed by atoms with E-state index in [0.29, 0.717) is 11.6 Å². The number of aromatic nitrogens is 2. The number of hydrogen-bond acceptors (Lipinski definition) is 5. The van der Waals surface area contributed by atoms with E-state index in [1.165, 1.54) is 0 Å². The van der Waals surface area contributed by atoms with Crippen LogP contribution < -0.4 is 14.8 Å². The van der Waals surface area contributed by atoms with E-state index in [1.807, 2.05) is 49.4 Å². The Bertz CT molecular complexity index is 818. The topological polar surface area (TPSA) is 56.3 Å². The number of nitrogens with zero attached hydrogens (tertiary/aromatic N) is 2. The highest BCUT2D eigenvalue weighted by atomic mass is 16.5. The average Bonchev–Trinajstić information content (AvgIpc) is 2.55. The molecule has 2 aromatic carbocycles. The quantitative estimate of drug-likeness (QED) is 0.795. The van der Waals surface area contributed by atoms with Gasteiger partial charge in [0.2, 0.25) is 0 Å². The third kappa shape index (κ3) is 2.65. The van der Waals surface area contributed by atoms with Gasteiger partial charge in [0.25, 0.3) is 0 Å². The number of nitrogens with one attached hydrogen (secondary N) is 1. The van der Waals surface area contributed by atoms with Gasteiger partial charge in [0.05, 0.1) is 25.4 Å². The van der Waals surface area contributed by atoms with Crippen LogP contribution in [0.4, 0.5) is 11.5 Å². The van der Waals surface area contributed by atoms with E-state index in [9.17, 15) is 0 Å². The van der Waals surface area contributed by atoms with Crippen molar-refractivity contribution in [2.75, 3.05) is 19.5 Å². The van der Waals surface area contributed by atoms with Crippen molar-refractivity contribution in [1.29, 1.82) is 0 Å². The Balaban J connectivity index is 2.07. The second kappa shape index (κ2) is 5.89. The molecule has 0 aliphatic carbocycles. The first-order valence-corrected chi connectivity index (χ1v) is 6.93. The maximum atomic E-state index is 5.42. The van der Waals surface area contributed by atoms with Gasteiger partial charge in [0.15, 0.2) is 0 Å². The lowest BCUT2D eigenvalue weighted by molar-refractivity contribution is 0.395. The second-order valence-electron chi connectivity index (χ2n) is 4.83. The highest BCUT2D eigenvalue weighted by Gasteiger charge is 2.09. The van der Waals surface area contributed by atoms with E-state index in [4.69, 9.17) is 9.47 Å². The molecule has 0 bridgehead atoms. The summed E-state index contributed by atoms with van der Waals surface area (Å²) in [6.45, 7) is 1.88. The van der Waals surface area contributed by atoms with E-state index < -0.39 is 0 Å². The summed E-state index contributed by atoms with van der Waals surface area (Å²) in [6.07, 6.45) is 0. The molecule has 0 saturated heterocycles. The zero-order chi connectivity index (χ0) is 15.5. The minimum atomic E-state index is 0.694. The molecule has 1 N–H and O–H groups in total. The van der Waals surface area contributed by atoms with Crippen molar-refractivity contribution >= 4 is 22.4 Å². The third-order valence-electron chi connectivity index (χ3n) is 3.38. The van der Waals surface area contributed by atoms with Gasteiger partial charge in [-0.1, -0.05) is 12.1 Å². The molecule has 0 atom stereocenters. The fraction of sp³-hybridized carbons (Fsp3) is 0.176. The first-order valence-electron chi connectivity index (χ1n) is 6.93. The molecule has 22 heavy (non-hydrogen) atoms. The molecule has 3 aromatic rings. The summed E-state index contributed by atoms with van der Waals surface area (Å²) in [5.74, 6) is 2.91. The molecule has 0 amide bonds. The Kier molecular flexibility index (Phi) is 3.78. The summed E-state index contributed by atoms with van der Waals surface area (Å²) < 4.78 is 10.6. The molecule has 0 fully saturated rings. The monoisotopic (exact) mass is 295 g/mol. The second-order valence-corrected chi connectivity index (χ2v) is 4.83. The van der Waals surface area contributed by atoms with Crippen molar-refractivity contribution in [3.8, 4) is 11.5 Å². The summed E-state index contributed by atoms with van der Waals surface area (Å²) in [5.41, 5.74) is 1.73. The van der Waals surface area contributed by atoms with Gasteiger partial charge in [-0.3, -0.25) is 0 Å². The molecular formula is C17H17N3O2. The van der Waals surface area contributed by atoms with Gasteiger partial charge in [0, 0.05) is 11.5 Å². The Morgan fingerprint density at radius 2 is 1.77 bits per heavy atom. The molecule has 5 nitrogen and oxygen atoms in total. The minimum absolute atomic E-state index is 0.694. The lowest BCUT2D eigenvalue weighted by Crippen LogP contribution is -2.00. The number of rotatable bonds is 4. The van der Waals surface area contributed by atoms with Crippen LogP contribution in [0.3, 0.4) is 0 Å². The van der Waals surface area contributed by atoms with Gasteiger partial charge in [0.1, 0.15) is 23.1 Å². The summed E-state index contributed by atoms with van der Waals surface area (Å²) in [6, 6.07) is 13.5. The molecule has 112 valence electrons. The van der Waals surface area contributed by atoms with Crippen LogP contribution in [0.25, 0.3) is 10.9 Å². The number of aryl methyl sites for hydroxylation is 1. The van der Waals surface area contributed by atoms with Gasteiger partial charge >= 0.3 is 0 Å². The molecule has 0 unspecified atom stereocenters. The third-order valence-corrected chi connectivity index (χ3v) is 3.38. The van der Waals surface area contributed by atoms with Crippen LogP contribution in [-0.4, -0.2) is 24.2 Å². The van der Waals surface area contributed by atoms with E-state index in [0.717, 1.165) is 28.2 Å². The fourth-order valence-electron chi connectivity index (χ4n) is 2.32. The lowest BCUT2D eigenvalue weighted by atomic mass is 10.2. The lowest BCUT2D eigenvalue weighted by Gasteiger charge is -2.13. The van der Waals surface area contributed by atoms with Crippen LogP contribution in [0.15, 0.2) is 42.5 Å².